The van der Waals surface area contributed by atoms with Gasteiger partial charge in [-0.15, -0.1) is 0 Å². The first kappa shape index (κ1) is 13.6. The number of nitrogens with two attached hydrogens (primary N) is 1. The van der Waals surface area contributed by atoms with Gasteiger partial charge in [-0.25, -0.2) is 0 Å². The van der Waals surface area contributed by atoms with Crippen molar-refractivity contribution in [3.63, 3.8) is 0 Å². The van der Waals surface area contributed by atoms with Crippen molar-refractivity contribution in [1.82, 2.24) is 4.98 Å². The Labute approximate surface area is 123 Å². The first-order valence-electron chi connectivity index (χ1n) is 5.07. The third-order valence-electron chi connectivity index (χ3n) is 2.28. The van der Waals surface area contributed by atoms with E-state index >= 15 is 0 Å². The number of hydrogen-bond acceptors (Lipinski definition) is 3. The Morgan fingerprint density at radius 1 is 1.22 bits per heavy atom. The van der Waals surface area contributed by atoms with Gasteiger partial charge in [-0.1, -0.05) is 23.2 Å². The second kappa shape index (κ2) is 5.89. The van der Waals surface area contributed by atoms with Crippen LogP contribution < -0.4 is 10.5 Å². The van der Waals surface area contributed by atoms with Crippen molar-refractivity contribution in [2.24, 2.45) is 5.73 Å². The zero-order valence-corrected chi connectivity index (χ0v) is 12.3. The molecule has 2 aromatic rings. The molecule has 0 aliphatic rings. The zero-order valence-electron chi connectivity index (χ0n) is 9.16. The summed E-state index contributed by atoms with van der Waals surface area (Å²) >= 11 is 15.4. The molecule has 0 aliphatic heterocycles. The van der Waals surface area contributed by atoms with Gasteiger partial charge in [0.15, 0.2) is 0 Å². The van der Waals surface area contributed by atoms with Crippen LogP contribution in [0.3, 0.4) is 0 Å². The Morgan fingerprint density at radius 2 is 2.00 bits per heavy atom. The molecule has 0 aliphatic carbocycles. The quantitative estimate of drug-likeness (QED) is 0.837. The smallest absolute Gasteiger partial charge is 0.150 e. The van der Waals surface area contributed by atoms with Crippen molar-refractivity contribution in [3.8, 4) is 11.5 Å². The molecular weight excluding hydrogens is 339 g/mol. The Balaban J connectivity index is 2.37. The summed E-state index contributed by atoms with van der Waals surface area (Å²) < 4.78 is 6.40. The Morgan fingerprint density at radius 3 is 2.72 bits per heavy atom. The van der Waals surface area contributed by atoms with Crippen LogP contribution in [0, 0.1) is 0 Å². The molecule has 0 fully saturated rings. The summed E-state index contributed by atoms with van der Waals surface area (Å²) in [7, 11) is 0. The molecule has 18 heavy (non-hydrogen) atoms. The molecule has 0 atom stereocenters. The van der Waals surface area contributed by atoms with E-state index in [0.29, 0.717) is 32.6 Å². The van der Waals surface area contributed by atoms with Crippen LogP contribution in [0.5, 0.6) is 11.5 Å². The summed E-state index contributed by atoms with van der Waals surface area (Å²) in [6, 6.07) is 5.11. The molecule has 0 spiro atoms. The number of hydrogen-bond donors (Lipinski definition) is 1. The maximum Gasteiger partial charge on any atom is 0.150 e. The summed E-state index contributed by atoms with van der Waals surface area (Å²) in [6.45, 7) is 0.361. The number of ether oxygens (including phenoxy) is 1. The van der Waals surface area contributed by atoms with Gasteiger partial charge in [-0.2, -0.15) is 0 Å². The van der Waals surface area contributed by atoms with Gasteiger partial charge in [0.2, 0.25) is 0 Å². The molecule has 6 heteroatoms. The first-order chi connectivity index (χ1) is 8.61. The number of aromatic nitrogens is 1. The van der Waals surface area contributed by atoms with E-state index in [-0.39, 0.29) is 0 Å². The van der Waals surface area contributed by atoms with E-state index in [2.05, 4.69) is 20.9 Å². The van der Waals surface area contributed by atoms with Crippen LogP contribution in [0.1, 0.15) is 5.56 Å². The highest BCUT2D eigenvalue weighted by molar-refractivity contribution is 9.10. The van der Waals surface area contributed by atoms with Crippen molar-refractivity contribution < 1.29 is 4.74 Å². The van der Waals surface area contributed by atoms with Crippen LogP contribution >= 0.6 is 39.1 Å². The monoisotopic (exact) mass is 346 g/mol. The average Bonchev–Trinajstić information content (AvgIpc) is 2.36. The minimum Gasteiger partial charge on any atom is -0.454 e. The first-order valence-corrected chi connectivity index (χ1v) is 6.62. The molecule has 0 unspecified atom stereocenters. The molecule has 0 bridgehead atoms. The van der Waals surface area contributed by atoms with Gasteiger partial charge < -0.3 is 10.5 Å². The van der Waals surface area contributed by atoms with E-state index in [1.54, 1.807) is 30.6 Å². The summed E-state index contributed by atoms with van der Waals surface area (Å²) in [6.07, 6.45) is 3.25. The highest BCUT2D eigenvalue weighted by atomic mass is 79.9. The van der Waals surface area contributed by atoms with Gasteiger partial charge in [-0.3, -0.25) is 4.98 Å². The molecule has 0 saturated heterocycles. The number of rotatable bonds is 3. The number of benzene rings is 1. The summed E-state index contributed by atoms with van der Waals surface area (Å²) in [5.41, 5.74) is 6.47. The number of halogens is 3. The zero-order chi connectivity index (χ0) is 13.1. The summed E-state index contributed by atoms with van der Waals surface area (Å²) in [4.78, 5) is 3.99. The Kier molecular flexibility index (Phi) is 4.45. The van der Waals surface area contributed by atoms with Crippen LogP contribution in [-0.4, -0.2) is 4.98 Å². The van der Waals surface area contributed by atoms with Crippen LogP contribution in [0.15, 0.2) is 35.1 Å². The lowest BCUT2D eigenvalue weighted by molar-refractivity contribution is 0.474. The SMILES string of the molecule is NCc1ccncc1Oc1cc(Cl)c(Br)cc1Cl. The predicted octanol–water partition coefficient (Wildman–Crippen LogP) is 4.40. The molecule has 3 nitrogen and oxygen atoms in total. The van der Waals surface area contributed by atoms with Crippen LogP contribution in [0.25, 0.3) is 0 Å². The van der Waals surface area contributed by atoms with Crippen LogP contribution in [-0.2, 0) is 6.54 Å². The fraction of sp³-hybridized carbons (Fsp3) is 0.0833. The van der Waals surface area contributed by atoms with Gasteiger partial charge in [0, 0.05) is 28.8 Å². The molecular formula is C12H9BrCl2N2O. The van der Waals surface area contributed by atoms with Crippen molar-refractivity contribution in [2.45, 2.75) is 6.54 Å². The van der Waals surface area contributed by atoms with E-state index in [1.165, 1.54) is 0 Å². The van der Waals surface area contributed by atoms with E-state index in [9.17, 15) is 0 Å². The molecule has 0 saturated carbocycles. The van der Waals surface area contributed by atoms with E-state index in [1.807, 2.05) is 0 Å². The van der Waals surface area contributed by atoms with Crippen molar-refractivity contribution >= 4 is 39.1 Å². The minimum atomic E-state index is 0.361. The maximum atomic E-state index is 6.08. The van der Waals surface area contributed by atoms with Crippen LogP contribution in [0.2, 0.25) is 10.0 Å². The van der Waals surface area contributed by atoms with Gasteiger partial charge in [0.25, 0.3) is 0 Å². The molecule has 1 heterocycles. The topological polar surface area (TPSA) is 48.1 Å². The van der Waals surface area contributed by atoms with Crippen molar-refractivity contribution in [3.05, 3.63) is 50.7 Å². The largest absolute Gasteiger partial charge is 0.454 e. The lowest BCUT2D eigenvalue weighted by Gasteiger charge is -2.11. The molecule has 94 valence electrons. The van der Waals surface area contributed by atoms with Crippen LogP contribution in [0.4, 0.5) is 0 Å². The Bertz CT molecular complexity index is 578. The van der Waals surface area contributed by atoms with Gasteiger partial charge in [-0.05, 0) is 28.1 Å². The van der Waals surface area contributed by atoms with E-state index in [0.717, 1.165) is 5.56 Å². The fourth-order valence-electron chi connectivity index (χ4n) is 1.37. The number of nitrogens with zero attached hydrogens (tertiary/aromatic N) is 1. The van der Waals surface area contributed by atoms with E-state index in [4.69, 9.17) is 33.7 Å². The minimum absolute atomic E-state index is 0.361. The number of pyridine rings is 1. The van der Waals surface area contributed by atoms with Crippen molar-refractivity contribution in [2.75, 3.05) is 0 Å². The standard InChI is InChI=1S/C12H9BrCl2N2O/c13-8-3-10(15)11(4-9(8)14)18-12-6-17-2-1-7(12)5-16/h1-4,6H,5,16H2. The molecule has 1 aromatic heterocycles. The fourth-order valence-corrected chi connectivity index (χ4v) is 2.20. The summed E-state index contributed by atoms with van der Waals surface area (Å²) in [5, 5.41) is 0.977. The molecule has 0 radical (unpaired) electrons. The molecule has 2 rings (SSSR count). The highest BCUT2D eigenvalue weighted by Gasteiger charge is 2.10. The third-order valence-corrected chi connectivity index (χ3v) is 3.78. The van der Waals surface area contributed by atoms with Gasteiger partial charge in [0.05, 0.1) is 16.2 Å². The third kappa shape index (κ3) is 2.95. The van der Waals surface area contributed by atoms with Gasteiger partial charge >= 0.3 is 0 Å². The van der Waals surface area contributed by atoms with E-state index < -0.39 is 0 Å². The molecule has 0 amide bonds. The summed E-state index contributed by atoms with van der Waals surface area (Å²) in [5.74, 6) is 1.04. The lowest BCUT2D eigenvalue weighted by Crippen LogP contribution is -2.00. The van der Waals surface area contributed by atoms with Gasteiger partial charge in [0.1, 0.15) is 11.5 Å². The predicted molar refractivity (Wildman–Crippen MR) is 76.4 cm³/mol. The highest BCUT2D eigenvalue weighted by Crippen LogP contribution is 2.37. The van der Waals surface area contributed by atoms with Crippen molar-refractivity contribution in [1.29, 1.82) is 0 Å². The average molecular weight is 348 g/mol. The Hall–Kier alpha value is -0.810. The maximum absolute atomic E-state index is 6.08. The molecule has 2 N–H and O–H groups in total. The normalized spacial score (nSPS) is 10.4. The lowest BCUT2D eigenvalue weighted by atomic mass is 10.2. The second-order valence-corrected chi connectivity index (χ2v) is 5.16. The molecule has 1 aromatic carbocycles. The second-order valence-electron chi connectivity index (χ2n) is 3.49.